The lowest BCUT2D eigenvalue weighted by atomic mass is 9.81. The van der Waals surface area contributed by atoms with Gasteiger partial charge in [0.1, 0.15) is 5.92 Å². The van der Waals surface area contributed by atoms with Gasteiger partial charge in [-0.2, -0.15) is 5.26 Å². The Labute approximate surface area is 174 Å². The highest BCUT2D eigenvalue weighted by Gasteiger charge is 2.35. The number of benzene rings is 2. The van der Waals surface area contributed by atoms with Crippen molar-refractivity contribution in [1.82, 2.24) is 4.90 Å². The van der Waals surface area contributed by atoms with Crippen molar-refractivity contribution in [2.45, 2.75) is 31.6 Å². The molecule has 0 aliphatic carbocycles. The number of hydrogen-bond donors (Lipinski definition) is 0. The third kappa shape index (κ3) is 4.88. The maximum atomic E-state index is 13.1. The lowest BCUT2D eigenvalue weighted by Crippen LogP contribution is -2.41. The number of amides is 1. The van der Waals surface area contributed by atoms with Crippen LogP contribution in [-0.4, -0.2) is 29.7 Å². The van der Waals surface area contributed by atoms with E-state index < -0.39 is 11.8 Å². The number of ketones is 1. The quantitative estimate of drug-likeness (QED) is 0.598. The Balaban J connectivity index is 1.90. The average molecular weight is 439 g/mol. The summed E-state index contributed by atoms with van der Waals surface area (Å²) in [4.78, 5) is 27.8. The number of piperidine rings is 1. The summed E-state index contributed by atoms with van der Waals surface area (Å²) in [5, 5.41) is 9.88. The molecular weight excluding hydrogens is 416 g/mol. The second-order valence-electron chi connectivity index (χ2n) is 7.14. The van der Waals surface area contributed by atoms with Crippen LogP contribution in [0.4, 0.5) is 0 Å². The van der Waals surface area contributed by atoms with Gasteiger partial charge in [0.15, 0.2) is 5.78 Å². The third-order valence-electron chi connectivity index (χ3n) is 5.27. The van der Waals surface area contributed by atoms with Crippen LogP contribution in [0, 0.1) is 17.2 Å². The summed E-state index contributed by atoms with van der Waals surface area (Å²) >= 11 is 3.42. The van der Waals surface area contributed by atoms with Crippen molar-refractivity contribution in [2.24, 2.45) is 5.92 Å². The maximum Gasteiger partial charge on any atom is 0.240 e. The van der Waals surface area contributed by atoms with Gasteiger partial charge in [0.25, 0.3) is 0 Å². The molecule has 1 heterocycles. The molecule has 1 amide bonds. The van der Waals surface area contributed by atoms with E-state index in [0.717, 1.165) is 29.3 Å². The predicted molar refractivity (Wildman–Crippen MR) is 112 cm³/mol. The highest BCUT2D eigenvalue weighted by atomic mass is 79.9. The zero-order valence-corrected chi connectivity index (χ0v) is 17.3. The van der Waals surface area contributed by atoms with Crippen LogP contribution in [0.5, 0.6) is 0 Å². The zero-order chi connectivity index (χ0) is 19.9. The first kappa shape index (κ1) is 20.3. The Kier molecular flexibility index (Phi) is 7.00. The van der Waals surface area contributed by atoms with Gasteiger partial charge in [-0.15, -0.1) is 0 Å². The highest BCUT2D eigenvalue weighted by Crippen LogP contribution is 2.32. The number of carbonyl (C=O) groups is 2. The van der Waals surface area contributed by atoms with E-state index in [-0.39, 0.29) is 18.1 Å². The summed E-state index contributed by atoms with van der Waals surface area (Å²) in [7, 11) is 0. The fourth-order valence-corrected chi connectivity index (χ4v) is 3.97. The summed E-state index contributed by atoms with van der Waals surface area (Å²) in [6.07, 6.45) is 3.18. The van der Waals surface area contributed by atoms with Gasteiger partial charge in [0.05, 0.1) is 6.07 Å². The van der Waals surface area contributed by atoms with E-state index in [2.05, 4.69) is 22.0 Å². The van der Waals surface area contributed by atoms with Crippen LogP contribution in [0.1, 0.15) is 47.5 Å². The van der Waals surface area contributed by atoms with E-state index >= 15 is 0 Å². The van der Waals surface area contributed by atoms with Crippen molar-refractivity contribution >= 4 is 27.6 Å². The number of halogens is 1. The van der Waals surface area contributed by atoms with Crippen molar-refractivity contribution < 1.29 is 9.59 Å². The van der Waals surface area contributed by atoms with Crippen molar-refractivity contribution in [1.29, 1.82) is 5.26 Å². The Bertz CT molecular complexity index is 852. The summed E-state index contributed by atoms with van der Waals surface area (Å²) < 4.78 is 0.917. The van der Waals surface area contributed by atoms with Gasteiger partial charge in [0, 0.05) is 35.5 Å². The Morgan fingerprint density at radius 2 is 1.64 bits per heavy atom. The summed E-state index contributed by atoms with van der Waals surface area (Å²) in [5.74, 6) is -1.55. The van der Waals surface area contributed by atoms with Gasteiger partial charge >= 0.3 is 0 Å². The molecule has 0 radical (unpaired) electrons. The first-order chi connectivity index (χ1) is 13.6. The van der Waals surface area contributed by atoms with Crippen molar-refractivity contribution in [2.75, 3.05) is 13.1 Å². The standard InChI is InChI=1S/C23H23BrN2O2/c24-19-11-9-17(10-12-19)20(15-22(27)18-7-3-1-4-8-18)21(16-25)23(28)26-13-5-2-6-14-26/h1,3-4,7-12,20-21H,2,5-6,13-15H2/t20-,21-/m0/s1. The van der Waals surface area contributed by atoms with Crippen LogP contribution in [0.2, 0.25) is 0 Å². The number of rotatable bonds is 6. The molecule has 5 heteroatoms. The van der Waals surface area contributed by atoms with E-state index in [1.54, 1.807) is 17.0 Å². The number of hydrogen-bond acceptors (Lipinski definition) is 3. The van der Waals surface area contributed by atoms with Crippen molar-refractivity contribution in [3.05, 3.63) is 70.2 Å². The molecule has 0 aromatic heterocycles. The molecule has 0 bridgehead atoms. The van der Waals surface area contributed by atoms with E-state index in [1.165, 1.54) is 0 Å². The topological polar surface area (TPSA) is 61.2 Å². The van der Waals surface area contributed by atoms with Crippen LogP contribution < -0.4 is 0 Å². The largest absolute Gasteiger partial charge is 0.342 e. The second kappa shape index (κ2) is 9.66. The lowest BCUT2D eigenvalue weighted by molar-refractivity contribution is -0.135. The lowest BCUT2D eigenvalue weighted by Gasteiger charge is -2.31. The minimum Gasteiger partial charge on any atom is -0.342 e. The first-order valence-electron chi connectivity index (χ1n) is 9.62. The smallest absolute Gasteiger partial charge is 0.240 e. The van der Waals surface area contributed by atoms with Crippen LogP contribution in [-0.2, 0) is 4.79 Å². The molecule has 1 aliphatic heterocycles. The third-order valence-corrected chi connectivity index (χ3v) is 5.80. The van der Waals surface area contributed by atoms with Crippen LogP contribution >= 0.6 is 15.9 Å². The summed E-state index contributed by atoms with van der Waals surface area (Å²) in [6, 6.07) is 18.8. The monoisotopic (exact) mass is 438 g/mol. The highest BCUT2D eigenvalue weighted by molar-refractivity contribution is 9.10. The second-order valence-corrected chi connectivity index (χ2v) is 8.06. The molecule has 0 N–H and O–H groups in total. The number of likely N-dealkylation sites (tertiary alicyclic amines) is 1. The van der Waals surface area contributed by atoms with Crippen molar-refractivity contribution in [3.8, 4) is 6.07 Å². The van der Waals surface area contributed by atoms with Crippen LogP contribution in [0.3, 0.4) is 0 Å². The maximum absolute atomic E-state index is 13.1. The molecule has 28 heavy (non-hydrogen) atoms. The van der Waals surface area contributed by atoms with Gasteiger partial charge in [-0.05, 0) is 37.0 Å². The van der Waals surface area contributed by atoms with E-state index in [9.17, 15) is 14.9 Å². The molecular formula is C23H23BrN2O2. The molecule has 0 spiro atoms. The number of nitriles is 1. The SMILES string of the molecule is N#C[C@H](C(=O)N1CCCCC1)[C@@H](CC(=O)c1ccccc1)c1ccc(Br)cc1. The molecule has 1 saturated heterocycles. The molecule has 2 aromatic rings. The molecule has 1 aliphatic rings. The average Bonchev–Trinajstić information content (AvgIpc) is 2.75. The zero-order valence-electron chi connectivity index (χ0n) is 15.7. The van der Waals surface area contributed by atoms with Gasteiger partial charge in [-0.25, -0.2) is 0 Å². The molecule has 0 unspecified atom stereocenters. The molecule has 4 nitrogen and oxygen atoms in total. The molecule has 3 rings (SSSR count). The molecule has 0 saturated carbocycles. The van der Waals surface area contributed by atoms with Gasteiger partial charge in [-0.1, -0.05) is 58.4 Å². The number of nitrogens with zero attached hydrogens (tertiary/aromatic N) is 2. The molecule has 2 atom stereocenters. The predicted octanol–water partition coefficient (Wildman–Crippen LogP) is 4.96. The molecule has 2 aromatic carbocycles. The minimum atomic E-state index is -0.869. The van der Waals surface area contributed by atoms with Crippen LogP contribution in [0.25, 0.3) is 0 Å². The Morgan fingerprint density at radius 1 is 1.00 bits per heavy atom. The minimum absolute atomic E-state index is 0.0554. The van der Waals surface area contributed by atoms with E-state index in [4.69, 9.17) is 0 Å². The molecule has 144 valence electrons. The van der Waals surface area contributed by atoms with Crippen LogP contribution in [0.15, 0.2) is 59.1 Å². The summed E-state index contributed by atoms with van der Waals surface area (Å²) in [5.41, 5.74) is 1.44. The Morgan fingerprint density at radius 3 is 2.25 bits per heavy atom. The number of Topliss-reactive ketones (excluding diaryl/α,β-unsaturated/α-hetero) is 1. The van der Waals surface area contributed by atoms with Gasteiger partial charge < -0.3 is 4.90 Å². The molecule has 1 fully saturated rings. The Hall–Kier alpha value is -2.45. The fraction of sp³-hybridized carbons (Fsp3) is 0.348. The number of carbonyl (C=O) groups excluding carboxylic acids is 2. The van der Waals surface area contributed by atoms with E-state index in [0.29, 0.717) is 18.7 Å². The van der Waals surface area contributed by atoms with Gasteiger partial charge in [-0.3, -0.25) is 9.59 Å². The first-order valence-corrected chi connectivity index (χ1v) is 10.4. The summed E-state index contributed by atoms with van der Waals surface area (Å²) in [6.45, 7) is 1.38. The van der Waals surface area contributed by atoms with E-state index in [1.807, 2.05) is 42.5 Å². The van der Waals surface area contributed by atoms with Gasteiger partial charge in [0.2, 0.25) is 5.91 Å². The normalized spacial score (nSPS) is 16.1. The fourth-order valence-electron chi connectivity index (χ4n) is 3.71. The van der Waals surface area contributed by atoms with Crippen molar-refractivity contribution in [3.63, 3.8) is 0 Å².